The summed E-state index contributed by atoms with van der Waals surface area (Å²) in [5.41, 5.74) is 1.30. The van der Waals surface area contributed by atoms with E-state index in [1.807, 2.05) is 0 Å². The van der Waals surface area contributed by atoms with Gasteiger partial charge in [-0.3, -0.25) is 14.5 Å². The van der Waals surface area contributed by atoms with Crippen LogP contribution >= 0.6 is 0 Å². The van der Waals surface area contributed by atoms with Crippen molar-refractivity contribution in [3.05, 3.63) is 36.4 Å². The average molecular weight is 458 g/mol. The minimum absolute atomic E-state index is 0.0309. The van der Waals surface area contributed by atoms with Crippen molar-refractivity contribution in [2.45, 2.75) is 12.8 Å². The third-order valence-corrected chi connectivity index (χ3v) is 5.64. The molecule has 3 rings (SSSR count). The highest BCUT2D eigenvalue weighted by atomic mass is 16.5. The molecular weight excluding hydrogens is 426 g/mol. The third kappa shape index (κ3) is 6.29. The second kappa shape index (κ2) is 11.4. The number of amides is 2. The lowest BCUT2D eigenvalue weighted by atomic mass is 9.95. The van der Waals surface area contributed by atoms with E-state index in [-0.39, 0.29) is 24.3 Å². The molecule has 9 nitrogen and oxygen atoms in total. The van der Waals surface area contributed by atoms with Crippen molar-refractivity contribution in [1.29, 1.82) is 0 Å². The quantitative estimate of drug-likeness (QED) is 0.597. The molecule has 0 unspecified atom stereocenters. The molecule has 0 saturated carbocycles. The number of nitrogens with one attached hydrogen (secondary N) is 2. The maximum Gasteiger partial charge on any atom is 0.238 e. The van der Waals surface area contributed by atoms with Crippen LogP contribution < -0.4 is 29.6 Å². The van der Waals surface area contributed by atoms with Gasteiger partial charge in [0.25, 0.3) is 0 Å². The third-order valence-electron chi connectivity index (χ3n) is 5.64. The van der Waals surface area contributed by atoms with E-state index in [4.69, 9.17) is 18.9 Å². The molecule has 0 aromatic heterocycles. The van der Waals surface area contributed by atoms with E-state index in [1.165, 1.54) is 0 Å². The Hall–Kier alpha value is -3.46. The van der Waals surface area contributed by atoms with Gasteiger partial charge >= 0.3 is 0 Å². The maximum atomic E-state index is 12.7. The van der Waals surface area contributed by atoms with Crippen LogP contribution in [-0.2, 0) is 9.59 Å². The smallest absolute Gasteiger partial charge is 0.238 e. The second-order valence-electron chi connectivity index (χ2n) is 7.73. The van der Waals surface area contributed by atoms with Crippen LogP contribution in [0.15, 0.2) is 36.4 Å². The van der Waals surface area contributed by atoms with Crippen molar-refractivity contribution < 1.29 is 28.5 Å². The minimum atomic E-state index is -0.115. The minimum Gasteiger partial charge on any atom is -0.493 e. The topological polar surface area (TPSA) is 98.4 Å². The van der Waals surface area contributed by atoms with Gasteiger partial charge in [0.15, 0.2) is 23.0 Å². The normalized spacial score (nSPS) is 14.3. The van der Waals surface area contributed by atoms with Crippen LogP contribution in [0, 0.1) is 5.92 Å². The molecule has 178 valence electrons. The Balaban J connectivity index is 1.47. The van der Waals surface area contributed by atoms with E-state index in [2.05, 4.69) is 15.5 Å². The van der Waals surface area contributed by atoms with Gasteiger partial charge in [-0.05, 0) is 50.2 Å². The number of benzene rings is 2. The molecule has 2 aromatic carbocycles. The number of hydrogen-bond donors (Lipinski definition) is 2. The molecule has 1 fully saturated rings. The van der Waals surface area contributed by atoms with E-state index >= 15 is 0 Å². The standard InChI is InChI=1S/C24H31N3O6/c1-30-19-7-5-17(13-21(19)32-3)25-23(28)15-27-11-9-16(10-12-27)24(29)26-18-6-8-20(31-2)22(14-18)33-4/h5-8,13-14,16H,9-12,15H2,1-4H3,(H,25,28)(H,26,29). The number of ether oxygens (including phenoxy) is 4. The summed E-state index contributed by atoms with van der Waals surface area (Å²) < 4.78 is 21.0. The van der Waals surface area contributed by atoms with Crippen molar-refractivity contribution in [2.75, 3.05) is 58.7 Å². The van der Waals surface area contributed by atoms with Gasteiger partial charge in [-0.1, -0.05) is 0 Å². The van der Waals surface area contributed by atoms with Crippen LogP contribution in [-0.4, -0.2) is 64.8 Å². The summed E-state index contributed by atoms with van der Waals surface area (Å²) in [5.74, 6) is 2.07. The number of likely N-dealkylation sites (tertiary alicyclic amines) is 1. The molecule has 2 N–H and O–H groups in total. The fourth-order valence-corrected chi connectivity index (χ4v) is 3.83. The Kier molecular flexibility index (Phi) is 8.37. The van der Waals surface area contributed by atoms with Crippen LogP contribution in [0.3, 0.4) is 0 Å². The number of anilines is 2. The lowest BCUT2D eigenvalue weighted by Crippen LogP contribution is -2.41. The summed E-state index contributed by atoms with van der Waals surface area (Å²) in [4.78, 5) is 27.2. The first-order valence-electron chi connectivity index (χ1n) is 10.7. The monoisotopic (exact) mass is 457 g/mol. The molecule has 0 spiro atoms. The highest BCUT2D eigenvalue weighted by Crippen LogP contribution is 2.31. The molecule has 33 heavy (non-hydrogen) atoms. The Bertz CT molecular complexity index is 973. The first-order chi connectivity index (χ1) is 16.0. The summed E-state index contributed by atoms with van der Waals surface area (Å²) in [6.45, 7) is 1.60. The highest BCUT2D eigenvalue weighted by molar-refractivity contribution is 5.93. The van der Waals surface area contributed by atoms with Gasteiger partial charge in [0, 0.05) is 29.4 Å². The largest absolute Gasteiger partial charge is 0.493 e. The van der Waals surface area contributed by atoms with E-state index in [0.29, 0.717) is 60.3 Å². The first kappa shape index (κ1) is 24.2. The number of rotatable bonds is 9. The van der Waals surface area contributed by atoms with Gasteiger partial charge in [0.05, 0.1) is 35.0 Å². The molecular formula is C24H31N3O6. The molecule has 1 saturated heterocycles. The fraction of sp³-hybridized carbons (Fsp3) is 0.417. The highest BCUT2D eigenvalue weighted by Gasteiger charge is 2.26. The molecule has 9 heteroatoms. The SMILES string of the molecule is COc1ccc(NC(=O)CN2CCC(C(=O)Nc3ccc(OC)c(OC)c3)CC2)cc1OC. The van der Waals surface area contributed by atoms with E-state index in [9.17, 15) is 9.59 Å². The molecule has 2 amide bonds. The lowest BCUT2D eigenvalue weighted by molar-refractivity contribution is -0.121. The van der Waals surface area contributed by atoms with Crippen LogP contribution in [0.1, 0.15) is 12.8 Å². The Morgan fingerprint density at radius 1 is 0.788 bits per heavy atom. The zero-order valence-corrected chi connectivity index (χ0v) is 19.5. The van der Waals surface area contributed by atoms with Gasteiger partial charge < -0.3 is 29.6 Å². The van der Waals surface area contributed by atoms with E-state index < -0.39 is 0 Å². The van der Waals surface area contributed by atoms with Crippen molar-refractivity contribution in [1.82, 2.24) is 4.90 Å². The zero-order valence-electron chi connectivity index (χ0n) is 19.5. The average Bonchev–Trinajstić information content (AvgIpc) is 2.84. The van der Waals surface area contributed by atoms with Gasteiger partial charge in [-0.15, -0.1) is 0 Å². The number of methoxy groups -OCH3 is 4. The number of piperidine rings is 1. The number of carbonyl (C=O) groups is 2. The second-order valence-corrected chi connectivity index (χ2v) is 7.73. The van der Waals surface area contributed by atoms with Gasteiger partial charge in [-0.25, -0.2) is 0 Å². The summed E-state index contributed by atoms with van der Waals surface area (Å²) in [6.07, 6.45) is 1.37. The molecule has 0 radical (unpaired) electrons. The molecule has 0 atom stereocenters. The molecule has 0 bridgehead atoms. The predicted molar refractivity (Wildman–Crippen MR) is 126 cm³/mol. The van der Waals surface area contributed by atoms with Gasteiger partial charge in [-0.2, -0.15) is 0 Å². The zero-order chi connectivity index (χ0) is 23.8. The predicted octanol–water partition coefficient (Wildman–Crippen LogP) is 3.01. The molecule has 1 heterocycles. The summed E-state index contributed by atoms with van der Waals surface area (Å²) in [5, 5.41) is 5.84. The van der Waals surface area contributed by atoms with Crippen LogP contribution in [0.4, 0.5) is 11.4 Å². The summed E-state index contributed by atoms with van der Waals surface area (Å²) in [7, 11) is 6.24. The van der Waals surface area contributed by atoms with Crippen LogP contribution in [0.25, 0.3) is 0 Å². The van der Waals surface area contributed by atoms with Crippen molar-refractivity contribution in [3.8, 4) is 23.0 Å². The van der Waals surface area contributed by atoms with Crippen molar-refractivity contribution in [2.24, 2.45) is 5.92 Å². The molecule has 2 aromatic rings. The molecule has 1 aliphatic heterocycles. The fourth-order valence-electron chi connectivity index (χ4n) is 3.83. The number of carbonyl (C=O) groups excluding carboxylic acids is 2. The first-order valence-corrected chi connectivity index (χ1v) is 10.7. The lowest BCUT2D eigenvalue weighted by Gasteiger charge is -2.30. The van der Waals surface area contributed by atoms with Gasteiger partial charge in [0.2, 0.25) is 11.8 Å². The summed E-state index contributed by atoms with van der Waals surface area (Å²) >= 11 is 0. The molecule has 0 aliphatic carbocycles. The number of hydrogen-bond acceptors (Lipinski definition) is 7. The van der Waals surface area contributed by atoms with Crippen LogP contribution in [0.5, 0.6) is 23.0 Å². The summed E-state index contributed by atoms with van der Waals surface area (Å²) in [6, 6.07) is 10.5. The van der Waals surface area contributed by atoms with Crippen molar-refractivity contribution in [3.63, 3.8) is 0 Å². The maximum absolute atomic E-state index is 12.7. The Morgan fingerprint density at radius 3 is 1.76 bits per heavy atom. The molecule has 1 aliphatic rings. The van der Waals surface area contributed by atoms with Crippen molar-refractivity contribution >= 4 is 23.2 Å². The van der Waals surface area contributed by atoms with Crippen LogP contribution in [0.2, 0.25) is 0 Å². The van der Waals surface area contributed by atoms with E-state index in [1.54, 1.807) is 64.8 Å². The Labute approximate surface area is 193 Å². The Morgan fingerprint density at radius 2 is 1.27 bits per heavy atom. The van der Waals surface area contributed by atoms with Gasteiger partial charge in [0.1, 0.15) is 0 Å². The van der Waals surface area contributed by atoms with E-state index in [0.717, 1.165) is 0 Å². The number of nitrogens with zero attached hydrogens (tertiary/aromatic N) is 1.